The topological polar surface area (TPSA) is 59.6 Å². The van der Waals surface area contributed by atoms with Crippen molar-refractivity contribution < 1.29 is 23.0 Å². The fourth-order valence-corrected chi connectivity index (χ4v) is 2.39. The van der Waals surface area contributed by atoms with Crippen LogP contribution in [-0.4, -0.2) is 19.2 Å². The van der Waals surface area contributed by atoms with Crippen molar-refractivity contribution in [3.8, 4) is 11.5 Å². The quantitative estimate of drug-likeness (QED) is 0.883. The van der Waals surface area contributed by atoms with E-state index < -0.39 is 17.7 Å². The van der Waals surface area contributed by atoms with Crippen LogP contribution in [0.15, 0.2) is 36.4 Å². The monoisotopic (exact) mass is 334 g/mol. The zero-order valence-corrected chi connectivity index (χ0v) is 12.9. The summed E-state index contributed by atoms with van der Waals surface area (Å²) in [4.78, 5) is 12.0. The number of carbonyl (C=O) groups excluding carboxylic acids is 1. The predicted molar refractivity (Wildman–Crippen MR) is 84.0 cm³/mol. The second-order valence-electron chi connectivity index (χ2n) is 5.38. The summed E-state index contributed by atoms with van der Waals surface area (Å²) in [6, 6.07) is 8.01. The maximum Gasteiger partial charge on any atom is 0.238 e. The fourth-order valence-electron chi connectivity index (χ4n) is 2.39. The van der Waals surface area contributed by atoms with E-state index in [1.807, 2.05) is 0 Å². The molecule has 24 heavy (non-hydrogen) atoms. The summed E-state index contributed by atoms with van der Waals surface area (Å²) < 4.78 is 37.0. The zero-order chi connectivity index (χ0) is 17.1. The molecule has 0 unspecified atom stereocenters. The smallest absolute Gasteiger partial charge is 0.238 e. The number of fused-ring (bicyclic) bond motifs is 1. The lowest BCUT2D eigenvalue weighted by atomic mass is 10.1. The molecule has 1 atom stereocenters. The van der Waals surface area contributed by atoms with Gasteiger partial charge in [-0.1, -0.05) is 6.07 Å². The van der Waals surface area contributed by atoms with Crippen LogP contribution in [0.1, 0.15) is 18.5 Å². The van der Waals surface area contributed by atoms with Crippen LogP contribution in [0, 0.1) is 11.6 Å². The number of hydrogen-bond acceptors (Lipinski definition) is 4. The van der Waals surface area contributed by atoms with Crippen molar-refractivity contribution in [3.63, 3.8) is 0 Å². The Bertz CT molecular complexity index is 767. The number of benzene rings is 2. The minimum atomic E-state index is -0.647. The molecule has 0 aliphatic carbocycles. The summed E-state index contributed by atoms with van der Waals surface area (Å²) in [6.45, 7) is 1.84. The maximum atomic E-state index is 13.7. The first kappa shape index (κ1) is 16.2. The van der Waals surface area contributed by atoms with Crippen molar-refractivity contribution in [3.05, 3.63) is 53.6 Å². The van der Waals surface area contributed by atoms with Crippen molar-refractivity contribution in [1.29, 1.82) is 0 Å². The van der Waals surface area contributed by atoms with E-state index in [0.717, 1.165) is 6.07 Å². The Morgan fingerprint density at radius 3 is 2.75 bits per heavy atom. The maximum absolute atomic E-state index is 13.7. The Labute approximate surface area is 137 Å². The van der Waals surface area contributed by atoms with E-state index in [-0.39, 0.29) is 19.2 Å². The molecule has 5 nitrogen and oxygen atoms in total. The first-order valence-electron chi connectivity index (χ1n) is 7.41. The summed E-state index contributed by atoms with van der Waals surface area (Å²) in [6.07, 6.45) is 0. The highest BCUT2D eigenvalue weighted by Crippen LogP contribution is 2.34. The molecule has 0 saturated heterocycles. The third kappa shape index (κ3) is 3.62. The van der Waals surface area contributed by atoms with Crippen LogP contribution in [0.3, 0.4) is 0 Å². The minimum absolute atomic E-state index is 0.0214. The molecule has 0 saturated carbocycles. The second-order valence-corrected chi connectivity index (χ2v) is 5.38. The van der Waals surface area contributed by atoms with E-state index >= 15 is 0 Å². The van der Waals surface area contributed by atoms with Gasteiger partial charge in [0, 0.05) is 29.4 Å². The van der Waals surface area contributed by atoms with Gasteiger partial charge in [-0.3, -0.25) is 4.79 Å². The molecule has 1 heterocycles. The Morgan fingerprint density at radius 1 is 1.17 bits per heavy atom. The van der Waals surface area contributed by atoms with Crippen LogP contribution in [0.4, 0.5) is 14.5 Å². The number of anilines is 1. The Kier molecular flexibility index (Phi) is 4.61. The minimum Gasteiger partial charge on any atom is -0.454 e. The fraction of sp³-hybridized carbons (Fsp3) is 0.235. The lowest BCUT2D eigenvalue weighted by Crippen LogP contribution is -2.30. The first-order valence-corrected chi connectivity index (χ1v) is 7.41. The molecule has 3 rings (SSSR count). The largest absolute Gasteiger partial charge is 0.454 e. The predicted octanol–water partition coefficient (Wildman–Crippen LogP) is 2.98. The van der Waals surface area contributed by atoms with Gasteiger partial charge >= 0.3 is 0 Å². The number of halogens is 2. The van der Waals surface area contributed by atoms with E-state index in [4.69, 9.17) is 9.47 Å². The molecule has 126 valence electrons. The molecule has 1 amide bonds. The average molecular weight is 334 g/mol. The standard InChI is InChI=1S/C17H16F2N2O3/c1-10(13-4-2-11(18)6-14(13)19)20-8-17(22)21-12-3-5-15-16(7-12)24-9-23-15/h2-7,10,20H,8-9H2,1H3,(H,21,22)/t10-/m1/s1. The third-order valence-electron chi connectivity index (χ3n) is 3.65. The SMILES string of the molecule is C[C@@H](NCC(=O)Nc1ccc2c(c1)OCO2)c1ccc(F)cc1F. The van der Waals surface area contributed by atoms with Crippen molar-refractivity contribution in [2.45, 2.75) is 13.0 Å². The van der Waals surface area contributed by atoms with Crippen LogP contribution < -0.4 is 20.1 Å². The molecule has 2 aromatic rings. The number of amides is 1. The van der Waals surface area contributed by atoms with Gasteiger partial charge < -0.3 is 20.1 Å². The highest BCUT2D eigenvalue weighted by atomic mass is 19.1. The molecule has 0 bridgehead atoms. The Balaban J connectivity index is 1.55. The highest BCUT2D eigenvalue weighted by Gasteiger charge is 2.15. The molecular weight excluding hydrogens is 318 g/mol. The van der Waals surface area contributed by atoms with E-state index in [1.54, 1.807) is 25.1 Å². The summed E-state index contributed by atoms with van der Waals surface area (Å²) in [7, 11) is 0. The average Bonchev–Trinajstić information content (AvgIpc) is 3.00. The van der Waals surface area contributed by atoms with Crippen LogP contribution in [-0.2, 0) is 4.79 Å². The first-order chi connectivity index (χ1) is 11.5. The van der Waals surface area contributed by atoms with E-state index in [1.165, 1.54) is 12.1 Å². The van der Waals surface area contributed by atoms with Crippen LogP contribution in [0.5, 0.6) is 11.5 Å². The Hall–Kier alpha value is -2.67. The van der Waals surface area contributed by atoms with Gasteiger partial charge in [-0.05, 0) is 25.1 Å². The molecule has 0 aromatic heterocycles. The molecule has 0 fully saturated rings. The van der Waals surface area contributed by atoms with Gasteiger partial charge in [0.15, 0.2) is 11.5 Å². The number of carbonyl (C=O) groups is 1. The third-order valence-corrected chi connectivity index (χ3v) is 3.65. The van der Waals surface area contributed by atoms with Crippen molar-refractivity contribution in [2.75, 3.05) is 18.7 Å². The second kappa shape index (κ2) is 6.84. The molecule has 0 spiro atoms. The Morgan fingerprint density at radius 2 is 1.96 bits per heavy atom. The van der Waals surface area contributed by atoms with Gasteiger partial charge in [0.05, 0.1) is 6.54 Å². The van der Waals surface area contributed by atoms with Gasteiger partial charge in [0.2, 0.25) is 12.7 Å². The van der Waals surface area contributed by atoms with Crippen LogP contribution >= 0.6 is 0 Å². The molecular formula is C17H16F2N2O3. The van der Waals surface area contributed by atoms with Gasteiger partial charge in [-0.15, -0.1) is 0 Å². The van der Waals surface area contributed by atoms with Crippen LogP contribution in [0.25, 0.3) is 0 Å². The number of rotatable bonds is 5. The van der Waals surface area contributed by atoms with Crippen molar-refractivity contribution in [1.82, 2.24) is 5.32 Å². The van der Waals surface area contributed by atoms with Gasteiger partial charge in [-0.25, -0.2) is 8.78 Å². The van der Waals surface area contributed by atoms with Gasteiger partial charge in [0.25, 0.3) is 0 Å². The number of nitrogens with one attached hydrogen (secondary N) is 2. The summed E-state index contributed by atoms with van der Waals surface area (Å²) >= 11 is 0. The normalized spacial score (nSPS) is 13.6. The molecule has 2 aromatic carbocycles. The number of hydrogen-bond donors (Lipinski definition) is 2. The molecule has 0 radical (unpaired) electrons. The van der Waals surface area contributed by atoms with E-state index in [9.17, 15) is 13.6 Å². The summed E-state index contributed by atoms with van der Waals surface area (Å²) in [5.41, 5.74) is 0.874. The highest BCUT2D eigenvalue weighted by molar-refractivity contribution is 5.92. The molecule has 7 heteroatoms. The van der Waals surface area contributed by atoms with Crippen molar-refractivity contribution in [2.24, 2.45) is 0 Å². The number of ether oxygens (including phenoxy) is 2. The van der Waals surface area contributed by atoms with Crippen molar-refractivity contribution >= 4 is 11.6 Å². The lowest BCUT2D eigenvalue weighted by Gasteiger charge is -2.15. The van der Waals surface area contributed by atoms with E-state index in [0.29, 0.717) is 22.7 Å². The van der Waals surface area contributed by atoms with Crippen LogP contribution in [0.2, 0.25) is 0 Å². The molecule has 1 aliphatic rings. The lowest BCUT2D eigenvalue weighted by molar-refractivity contribution is -0.115. The van der Waals surface area contributed by atoms with E-state index in [2.05, 4.69) is 10.6 Å². The summed E-state index contributed by atoms with van der Waals surface area (Å²) in [5, 5.41) is 5.61. The summed E-state index contributed by atoms with van der Waals surface area (Å²) in [5.74, 6) is -0.368. The molecule has 2 N–H and O–H groups in total. The molecule has 1 aliphatic heterocycles. The van der Waals surface area contributed by atoms with Gasteiger partial charge in [-0.2, -0.15) is 0 Å². The zero-order valence-electron chi connectivity index (χ0n) is 12.9. The van der Waals surface area contributed by atoms with Gasteiger partial charge in [0.1, 0.15) is 11.6 Å².